The van der Waals surface area contributed by atoms with Gasteiger partial charge in [0.05, 0.1) is 4.88 Å². The van der Waals surface area contributed by atoms with E-state index in [1.807, 2.05) is 19.9 Å². The summed E-state index contributed by atoms with van der Waals surface area (Å²) in [6.45, 7) is 12.6. The Morgan fingerprint density at radius 1 is 1.26 bits per heavy atom. The van der Waals surface area contributed by atoms with Crippen LogP contribution in [0.5, 0.6) is 0 Å². The molecule has 1 aliphatic carbocycles. The first-order valence-corrected chi connectivity index (χ1v) is 7.53. The summed E-state index contributed by atoms with van der Waals surface area (Å²) >= 11 is 1.56. The van der Waals surface area contributed by atoms with E-state index in [2.05, 4.69) is 33.0 Å². The quantitative estimate of drug-likeness (QED) is 0.875. The van der Waals surface area contributed by atoms with Gasteiger partial charge in [0, 0.05) is 27.8 Å². The normalized spacial score (nSPS) is 27.7. The first-order chi connectivity index (χ1) is 8.58. The average Bonchev–Trinajstić information content (AvgIpc) is 2.65. The minimum absolute atomic E-state index is 0.0271. The first-order valence-electron chi connectivity index (χ1n) is 6.72. The summed E-state index contributed by atoms with van der Waals surface area (Å²) in [5.74, 6) is 0.0271. The Balaban J connectivity index is 2.16. The summed E-state index contributed by atoms with van der Waals surface area (Å²) < 4.78 is 0. The molecule has 0 radical (unpaired) electrons. The van der Waals surface area contributed by atoms with Crippen LogP contribution >= 0.6 is 11.3 Å². The number of carbonyl (C=O) groups is 1. The van der Waals surface area contributed by atoms with Crippen LogP contribution in [0.15, 0.2) is 6.07 Å². The second-order valence-corrected chi connectivity index (χ2v) is 8.13. The van der Waals surface area contributed by atoms with Crippen LogP contribution in [0.4, 0.5) is 0 Å². The SMILES string of the molecule is Cc1cc(C(=O)NC2C(C)(C)C(N)C2(C)C)sc1C. The van der Waals surface area contributed by atoms with Gasteiger partial charge < -0.3 is 11.1 Å². The van der Waals surface area contributed by atoms with Crippen molar-refractivity contribution in [1.82, 2.24) is 5.32 Å². The summed E-state index contributed by atoms with van der Waals surface area (Å²) in [5.41, 5.74) is 7.29. The molecule has 0 atom stereocenters. The van der Waals surface area contributed by atoms with Gasteiger partial charge in [0.1, 0.15) is 0 Å². The van der Waals surface area contributed by atoms with Crippen molar-refractivity contribution < 1.29 is 4.79 Å². The van der Waals surface area contributed by atoms with Gasteiger partial charge in [-0.2, -0.15) is 0 Å². The Labute approximate surface area is 119 Å². The maximum Gasteiger partial charge on any atom is 0.261 e. The fourth-order valence-corrected chi connectivity index (χ4v) is 4.38. The van der Waals surface area contributed by atoms with Crippen molar-refractivity contribution in [1.29, 1.82) is 0 Å². The average molecular weight is 280 g/mol. The summed E-state index contributed by atoms with van der Waals surface area (Å²) in [7, 11) is 0. The molecule has 0 aromatic carbocycles. The topological polar surface area (TPSA) is 55.1 Å². The third kappa shape index (κ3) is 2.11. The van der Waals surface area contributed by atoms with Crippen molar-refractivity contribution >= 4 is 17.2 Å². The van der Waals surface area contributed by atoms with Gasteiger partial charge >= 0.3 is 0 Å². The molecule has 3 N–H and O–H groups in total. The molecule has 1 aliphatic rings. The number of amides is 1. The molecule has 19 heavy (non-hydrogen) atoms. The van der Waals surface area contributed by atoms with Crippen LogP contribution in [0.2, 0.25) is 0 Å². The van der Waals surface area contributed by atoms with Crippen LogP contribution in [0.1, 0.15) is 47.8 Å². The monoisotopic (exact) mass is 280 g/mol. The standard InChI is InChI=1S/C15H24N2OS/c1-8-7-10(19-9(8)2)11(18)17-13-14(3,4)12(16)15(13,5)6/h7,12-13H,16H2,1-6H3,(H,17,18). The van der Waals surface area contributed by atoms with E-state index in [0.717, 1.165) is 4.88 Å². The van der Waals surface area contributed by atoms with Gasteiger partial charge in [0.15, 0.2) is 0 Å². The van der Waals surface area contributed by atoms with Gasteiger partial charge in [-0.3, -0.25) is 4.79 Å². The zero-order chi connectivity index (χ0) is 14.6. The minimum Gasteiger partial charge on any atom is -0.347 e. The molecule has 2 rings (SSSR count). The lowest BCUT2D eigenvalue weighted by atomic mass is 9.48. The van der Waals surface area contributed by atoms with Gasteiger partial charge in [-0.15, -0.1) is 11.3 Å². The van der Waals surface area contributed by atoms with Gasteiger partial charge in [0.2, 0.25) is 0 Å². The molecule has 1 amide bonds. The second-order valence-electron chi connectivity index (χ2n) is 6.88. The van der Waals surface area contributed by atoms with Crippen molar-refractivity contribution in [3.63, 3.8) is 0 Å². The molecule has 4 heteroatoms. The van der Waals surface area contributed by atoms with Crippen LogP contribution in [0.25, 0.3) is 0 Å². The number of aryl methyl sites for hydroxylation is 2. The van der Waals surface area contributed by atoms with E-state index >= 15 is 0 Å². The zero-order valence-electron chi connectivity index (χ0n) is 12.6. The Morgan fingerprint density at radius 2 is 1.79 bits per heavy atom. The minimum atomic E-state index is -0.0551. The molecule has 1 saturated carbocycles. The number of nitrogens with one attached hydrogen (secondary N) is 1. The lowest BCUT2D eigenvalue weighted by molar-refractivity contribution is -0.0663. The van der Waals surface area contributed by atoms with Crippen molar-refractivity contribution in [2.24, 2.45) is 16.6 Å². The molecule has 1 aromatic heterocycles. The fraction of sp³-hybridized carbons (Fsp3) is 0.667. The van der Waals surface area contributed by atoms with E-state index in [0.29, 0.717) is 0 Å². The lowest BCUT2D eigenvalue weighted by Crippen LogP contribution is -2.76. The van der Waals surface area contributed by atoms with Crippen LogP contribution < -0.4 is 11.1 Å². The molecule has 106 valence electrons. The van der Waals surface area contributed by atoms with E-state index < -0.39 is 0 Å². The number of nitrogens with two attached hydrogens (primary N) is 1. The van der Waals surface area contributed by atoms with Crippen molar-refractivity contribution in [3.05, 3.63) is 21.4 Å². The summed E-state index contributed by atoms with van der Waals surface area (Å²) in [4.78, 5) is 14.4. The lowest BCUT2D eigenvalue weighted by Gasteiger charge is -2.62. The van der Waals surface area contributed by atoms with E-state index in [9.17, 15) is 4.79 Å². The number of hydrogen-bond acceptors (Lipinski definition) is 3. The van der Waals surface area contributed by atoms with Crippen LogP contribution in [0, 0.1) is 24.7 Å². The highest BCUT2D eigenvalue weighted by Gasteiger charge is 2.60. The van der Waals surface area contributed by atoms with E-state index in [4.69, 9.17) is 5.73 Å². The molecule has 1 aromatic rings. The smallest absolute Gasteiger partial charge is 0.261 e. The Bertz CT molecular complexity index is 481. The van der Waals surface area contributed by atoms with Gasteiger partial charge in [0.25, 0.3) is 5.91 Å². The number of thiophene rings is 1. The van der Waals surface area contributed by atoms with Crippen LogP contribution in [0.3, 0.4) is 0 Å². The van der Waals surface area contributed by atoms with Gasteiger partial charge in [-0.1, -0.05) is 27.7 Å². The highest BCUT2D eigenvalue weighted by molar-refractivity contribution is 7.14. The molecule has 3 nitrogen and oxygen atoms in total. The maximum atomic E-state index is 12.4. The Hall–Kier alpha value is -0.870. The molecule has 0 aliphatic heterocycles. The molecular weight excluding hydrogens is 256 g/mol. The number of hydrogen-bond donors (Lipinski definition) is 2. The highest BCUT2D eigenvalue weighted by atomic mass is 32.1. The predicted octanol–water partition coefficient (Wildman–Crippen LogP) is 2.86. The number of carbonyl (C=O) groups excluding carboxylic acids is 1. The molecule has 0 spiro atoms. The summed E-state index contributed by atoms with van der Waals surface area (Å²) in [6, 6.07) is 2.19. The van der Waals surface area contributed by atoms with Crippen LogP contribution in [-0.2, 0) is 0 Å². The third-order valence-corrected chi connectivity index (χ3v) is 5.91. The summed E-state index contributed by atoms with van der Waals surface area (Å²) in [6.07, 6.45) is 0. The largest absolute Gasteiger partial charge is 0.347 e. The van der Waals surface area contributed by atoms with E-state index in [1.54, 1.807) is 11.3 Å². The van der Waals surface area contributed by atoms with E-state index in [-0.39, 0.29) is 28.8 Å². The Kier molecular flexibility index (Phi) is 3.30. The predicted molar refractivity (Wildman–Crippen MR) is 80.6 cm³/mol. The third-order valence-electron chi connectivity index (χ3n) is 4.76. The summed E-state index contributed by atoms with van der Waals surface area (Å²) in [5, 5.41) is 3.18. The van der Waals surface area contributed by atoms with Gasteiger partial charge in [-0.05, 0) is 25.5 Å². The number of rotatable bonds is 2. The molecule has 0 saturated heterocycles. The maximum absolute atomic E-state index is 12.4. The molecule has 1 heterocycles. The highest BCUT2D eigenvalue weighted by Crippen LogP contribution is 2.52. The zero-order valence-corrected chi connectivity index (χ0v) is 13.4. The van der Waals surface area contributed by atoms with Gasteiger partial charge in [-0.25, -0.2) is 0 Å². The molecule has 1 fully saturated rings. The molecular formula is C15H24N2OS. The van der Waals surface area contributed by atoms with Crippen molar-refractivity contribution in [2.75, 3.05) is 0 Å². The van der Waals surface area contributed by atoms with Crippen molar-refractivity contribution in [3.8, 4) is 0 Å². The van der Waals surface area contributed by atoms with Crippen LogP contribution in [-0.4, -0.2) is 18.0 Å². The molecule has 0 unspecified atom stereocenters. The first kappa shape index (κ1) is 14.5. The fourth-order valence-electron chi connectivity index (χ4n) is 3.44. The van der Waals surface area contributed by atoms with E-state index in [1.165, 1.54) is 10.4 Å². The second kappa shape index (κ2) is 4.32. The Morgan fingerprint density at radius 3 is 2.21 bits per heavy atom. The molecule has 0 bridgehead atoms. The van der Waals surface area contributed by atoms with Crippen molar-refractivity contribution in [2.45, 2.75) is 53.6 Å².